The summed E-state index contributed by atoms with van der Waals surface area (Å²) in [5.41, 5.74) is 1.21. The lowest BCUT2D eigenvalue weighted by atomic mass is 9.97. The minimum atomic E-state index is -5.16. The van der Waals surface area contributed by atoms with Gasteiger partial charge in [0.1, 0.15) is 18.6 Å². The molecule has 0 spiro atoms. The van der Waals surface area contributed by atoms with E-state index >= 15 is 0 Å². The minimum Gasteiger partial charge on any atom is -0.344 e. The quantitative estimate of drug-likeness (QED) is 0.583. The topological polar surface area (TPSA) is 86.8 Å². The summed E-state index contributed by atoms with van der Waals surface area (Å²) >= 11 is 0. The molecule has 196 valence electrons. The van der Waals surface area contributed by atoms with Crippen molar-refractivity contribution in [3.63, 3.8) is 0 Å². The second-order valence-corrected chi connectivity index (χ2v) is 9.09. The largest absolute Gasteiger partial charge is 0.452 e. The molecule has 1 N–H and O–H groups in total. The van der Waals surface area contributed by atoms with Gasteiger partial charge in [-0.1, -0.05) is 74.5 Å². The van der Waals surface area contributed by atoms with Crippen molar-refractivity contribution in [3.8, 4) is 0 Å². The van der Waals surface area contributed by atoms with E-state index in [0.717, 1.165) is 4.90 Å². The normalized spacial score (nSPS) is 16.9. The zero-order valence-corrected chi connectivity index (χ0v) is 20.7. The lowest BCUT2D eigenvalue weighted by molar-refractivity contribution is -0.173. The molecule has 0 saturated heterocycles. The van der Waals surface area contributed by atoms with Crippen molar-refractivity contribution in [1.82, 2.24) is 15.1 Å². The van der Waals surface area contributed by atoms with Crippen molar-refractivity contribution in [2.45, 2.75) is 45.5 Å². The van der Waals surface area contributed by atoms with Crippen molar-refractivity contribution in [2.75, 3.05) is 6.54 Å². The number of nitrogens with zero attached hydrogens (tertiary/aromatic N) is 2. The zero-order chi connectivity index (χ0) is 27.3. The standard InChI is InChI=1S/C27H28F3N3O4/c1-17(2)24-26(37)33(22(15-32(24)18(3)34)20-12-8-5-9-13-20)16-23(35)31-21(25(36)27(28,29)30)14-19-10-6-4-7-11-19/h4-13,15,17,21,24H,14,16H2,1-3H3,(H,31,35)/t21-,24+/m0/s1. The van der Waals surface area contributed by atoms with Crippen LogP contribution >= 0.6 is 0 Å². The number of halogens is 3. The zero-order valence-electron chi connectivity index (χ0n) is 20.7. The number of hydrogen-bond donors (Lipinski definition) is 1. The fourth-order valence-electron chi connectivity index (χ4n) is 4.21. The molecular weight excluding hydrogens is 487 g/mol. The van der Waals surface area contributed by atoms with Gasteiger partial charge in [0.15, 0.2) is 0 Å². The summed E-state index contributed by atoms with van der Waals surface area (Å²) in [5.74, 6) is -4.26. The number of rotatable bonds is 8. The summed E-state index contributed by atoms with van der Waals surface area (Å²) in [7, 11) is 0. The number of carbonyl (C=O) groups is 4. The molecule has 1 aliphatic heterocycles. The molecule has 7 nitrogen and oxygen atoms in total. The second-order valence-electron chi connectivity index (χ2n) is 9.09. The van der Waals surface area contributed by atoms with E-state index < -0.39 is 42.4 Å². The fraction of sp³-hybridized carbons (Fsp3) is 0.333. The van der Waals surface area contributed by atoms with Gasteiger partial charge in [0.25, 0.3) is 11.7 Å². The highest BCUT2D eigenvalue weighted by atomic mass is 19.4. The number of alkyl halides is 3. The minimum absolute atomic E-state index is 0.245. The maximum absolute atomic E-state index is 13.5. The van der Waals surface area contributed by atoms with E-state index in [4.69, 9.17) is 0 Å². The third kappa shape index (κ3) is 6.63. The van der Waals surface area contributed by atoms with Crippen LogP contribution in [-0.4, -0.2) is 58.1 Å². The van der Waals surface area contributed by atoms with Crippen molar-refractivity contribution >= 4 is 29.2 Å². The monoisotopic (exact) mass is 515 g/mol. The Kier molecular flexibility index (Phi) is 8.52. The van der Waals surface area contributed by atoms with Gasteiger partial charge in [0.05, 0.1) is 5.70 Å². The highest BCUT2D eigenvalue weighted by Crippen LogP contribution is 2.30. The Bertz CT molecular complexity index is 1180. The number of benzene rings is 2. The van der Waals surface area contributed by atoms with Crippen LogP contribution in [0, 0.1) is 5.92 Å². The molecule has 2 aromatic rings. The third-order valence-electron chi connectivity index (χ3n) is 5.95. The van der Waals surface area contributed by atoms with Gasteiger partial charge in [-0.2, -0.15) is 13.2 Å². The molecule has 0 bridgehead atoms. The molecule has 37 heavy (non-hydrogen) atoms. The molecule has 0 saturated carbocycles. The van der Waals surface area contributed by atoms with Gasteiger partial charge in [-0.15, -0.1) is 0 Å². The van der Waals surface area contributed by atoms with Crippen LogP contribution in [-0.2, 0) is 25.6 Å². The average molecular weight is 516 g/mol. The van der Waals surface area contributed by atoms with E-state index in [0.29, 0.717) is 11.1 Å². The molecule has 0 fully saturated rings. The van der Waals surface area contributed by atoms with E-state index in [1.54, 1.807) is 74.5 Å². The number of Topliss-reactive ketones (excluding diaryl/α,β-unsaturated/α-hetero) is 1. The number of carbonyl (C=O) groups excluding carboxylic acids is 4. The summed E-state index contributed by atoms with van der Waals surface area (Å²) in [6.45, 7) is 4.18. The molecule has 10 heteroatoms. The Morgan fingerprint density at radius 1 is 0.973 bits per heavy atom. The van der Waals surface area contributed by atoms with Crippen LogP contribution in [0.5, 0.6) is 0 Å². The first-order valence-corrected chi connectivity index (χ1v) is 11.7. The second kappa shape index (κ2) is 11.4. The van der Waals surface area contributed by atoms with Crippen LogP contribution in [0.2, 0.25) is 0 Å². The number of hydrogen-bond acceptors (Lipinski definition) is 4. The third-order valence-corrected chi connectivity index (χ3v) is 5.95. The number of ketones is 1. The fourth-order valence-corrected chi connectivity index (χ4v) is 4.21. The molecule has 0 aliphatic carbocycles. The Labute approximate surface area is 212 Å². The first-order valence-electron chi connectivity index (χ1n) is 11.7. The van der Waals surface area contributed by atoms with Crippen LogP contribution in [0.4, 0.5) is 13.2 Å². The molecule has 0 aromatic heterocycles. The molecule has 0 radical (unpaired) electrons. The Morgan fingerprint density at radius 2 is 1.54 bits per heavy atom. The summed E-state index contributed by atoms with van der Waals surface area (Å²) in [5, 5.41) is 2.18. The predicted molar refractivity (Wildman–Crippen MR) is 130 cm³/mol. The van der Waals surface area contributed by atoms with Crippen LogP contribution in [0.1, 0.15) is 31.9 Å². The van der Waals surface area contributed by atoms with E-state index in [-0.39, 0.29) is 23.9 Å². The molecule has 1 aliphatic rings. The molecule has 3 rings (SSSR count). The molecule has 1 heterocycles. The lowest BCUT2D eigenvalue weighted by Gasteiger charge is -2.40. The highest BCUT2D eigenvalue weighted by molar-refractivity contribution is 6.00. The van der Waals surface area contributed by atoms with Gasteiger partial charge in [-0.05, 0) is 17.0 Å². The SMILES string of the molecule is CC(=O)N1C=C(c2ccccc2)N(CC(=O)N[C@@H](Cc2ccccc2)C(=O)C(F)(F)F)C(=O)[C@H]1C(C)C. The van der Waals surface area contributed by atoms with Crippen molar-refractivity contribution in [3.05, 3.63) is 78.0 Å². The summed E-state index contributed by atoms with van der Waals surface area (Å²) < 4.78 is 39.9. The van der Waals surface area contributed by atoms with Gasteiger partial charge >= 0.3 is 6.18 Å². The van der Waals surface area contributed by atoms with E-state index in [1.807, 2.05) is 0 Å². The van der Waals surface area contributed by atoms with Gasteiger partial charge < -0.3 is 10.2 Å². The smallest absolute Gasteiger partial charge is 0.344 e. The number of amides is 3. The molecule has 3 amide bonds. The van der Waals surface area contributed by atoms with Gasteiger partial charge in [0.2, 0.25) is 11.8 Å². The van der Waals surface area contributed by atoms with E-state index in [9.17, 15) is 32.3 Å². The Hall–Kier alpha value is -3.95. The molecule has 2 atom stereocenters. The highest BCUT2D eigenvalue weighted by Gasteiger charge is 2.45. The summed E-state index contributed by atoms with van der Waals surface area (Å²) in [6.07, 6.45) is -4.06. The first kappa shape index (κ1) is 27.6. The molecular formula is C27H28F3N3O4. The maximum atomic E-state index is 13.5. The van der Waals surface area contributed by atoms with E-state index in [2.05, 4.69) is 5.32 Å². The average Bonchev–Trinajstić information content (AvgIpc) is 2.84. The van der Waals surface area contributed by atoms with Crippen molar-refractivity contribution < 1.29 is 32.3 Å². The van der Waals surface area contributed by atoms with Crippen LogP contribution < -0.4 is 5.32 Å². The van der Waals surface area contributed by atoms with Gasteiger partial charge in [0, 0.05) is 19.5 Å². The molecule has 0 unspecified atom stereocenters. The van der Waals surface area contributed by atoms with Crippen LogP contribution in [0.25, 0.3) is 5.70 Å². The van der Waals surface area contributed by atoms with Gasteiger partial charge in [-0.3, -0.25) is 24.1 Å². The van der Waals surface area contributed by atoms with Gasteiger partial charge in [-0.25, -0.2) is 0 Å². The summed E-state index contributed by atoms with van der Waals surface area (Å²) in [4.78, 5) is 53.5. The van der Waals surface area contributed by atoms with Crippen molar-refractivity contribution in [2.24, 2.45) is 5.92 Å². The number of nitrogens with one attached hydrogen (secondary N) is 1. The maximum Gasteiger partial charge on any atom is 0.452 e. The van der Waals surface area contributed by atoms with Crippen LogP contribution in [0.3, 0.4) is 0 Å². The van der Waals surface area contributed by atoms with Crippen LogP contribution in [0.15, 0.2) is 66.9 Å². The predicted octanol–water partition coefficient (Wildman–Crippen LogP) is 3.56. The Balaban J connectivity index is 1.93. The van der Waals surface area contributed by atoms with E-state index in [1.165, 1.54) is 18.0 Å². The first-order chi connectivity index (χ1) is 17.4. The lowest BCUT2D eigenvalue weighted by Crippen LogP contribution is -2.57. The summed E-state index contributed by atoms with van der Waals surface area (Å²) in [6, 6.07) is 13.8. The Morgan fingerprint density at radius 3 is 2.05 bits per heavy atom. The molecule has 2 aromatic carbocycles. The van der Waals surface area contributed by atoms with Crippen molar-refractivity contribution in [1.29, 1.82) is 0 Å².